The average molecular weight is 291 g/mol. The van der Waals surface area contributed by atoms with Gasteiger partial charge in [0.2, 0.25) is 0 Å². The van der Waals surface area contributed by atoms with Crippen molar-refractivity contribution in [1.29, 1.82) is 0 Å². The molecule has 1 atom stereocenters. The van der Waals surface area contributed by atoms with Crippen LogP contribution < -0.4 is 0 Å². The van der Waals surface area contributed by atoms with Gasteiger partial charge < -0.3 is 0 Å². The van der Waals surface area contributed by atoms with E-state index in [1.54, 1.807) is 0 Å². The standard InChI is InChI=1S/C14H15BrN2/c1-9-11(3)16-14(17-13(9)15)10(2)12-7-5-4-6-8-12/h4-8,10H,1-3H3. The summed E-state index contributed by atoms with van der Waals surface area (Å²) in [5, 5.41) is 0. The van der Waals surface area contributed by atoms with Crippen molar-refractivity contribution in [2.24, 2.45) is 0 Å². The molecule has 2 aromatic rings. The summed E-state index contributed by atoms with van der Waals surface area (Å²) >= 11 is 3.49. The van der Waals surface area contributed by atoms with Crippen molar-refractivity contribution in [3.63, 3.8) is 0 Å². The highest BCUT2D eigenvalue weighted by molar-refractivity contribution is 9.10. The Morgan fingerprint density at radius 2 is 1.71 bits per heavy atom. The van der Waals surface area contributed by atoms with E-state index in [1.807, 2.05) is 32.0 Å². The van der Waals surface area contributed by atoms with E-state index < -0.39 is 0 Å². The van der Waals surface area contributed by atoms with Gasteiger partial charge in [0.15, 0.2) is 0 Å². The van der Waals surface area contributed by atoms with E-state index in [0.717, 1.165) is 21.7 Å². The van der Waals surface area contributed by atoms with Crippen LogP contribution in [-0.4, -0.2) is 9.97 Å². The number of benzene rings is 1. The minimum absolute atomic E-state index is 0.215. The second-order valence-corrected chi connectivity index (χ2v) is 4.97. The third-order valence-electron chi connectivity index (χ3n) is 3.03. The highest BCUT2D eigenvalue weighted by Crippen LogP contribution is 2.24. The maximum Gasteiger partial charge on any atom is 0.137 e. The minimum Gasteiger partial charge on any atom is -0.237 e. The second-order valence-electron chi connectivity index (χ2n) is 4.22. The first-order valence-corrected chi connectivity index (χ1v) is 6.44. The molecule has 0 aliphatic carbocycles. The molecular formula is C14H15BrN2. The predicted molar refractivity (Wildman–Crippen MR) is 73.2 cm³/mol. The Labute approximate surface area is 110 Å². The lowest BCUT2D eigenvalue weighted by Gasteiger charge is -2.13. The van der Waals surface area contributed by atoms with Crippen LogP contribution in [0.15, 0.2) is 34.9 Å². The molecule has 17 heavy (non-hydrogen) atoms. The molecule has 1 unspecified atom stereocenters. The fourth-order valence-corrected chi connectivity index (χ4v) is 2.17. The highest BCUT2D eigenvalue weighted by atomic mass is 79.9. The van der Waals surface area contributed by atoms with Gasteiger partial charge in [0.1, 0.15) is 10.4 Å². The van der Waals surface area contributed by atoms with Crippen LogP contribution in [0.25, 0.3) is 0 Å². The van der Waals surface area contributed by atoms with E-state index in [-0.39, 0.29) is 5.92 Å². The number of nitrogens with zero attached hydrogens (tertiary/aromatic N) is 2. The van der Waals surface area contributed by atoms with Crippen LogP contribution in [0, 0.1) is 13.8 Å². The van der Waals surface area contributed by atoms with Crippen molar-refractivity contribution >= 4 is 15.9 Å². The number of hydrogen-bond donors (Lipinski definition) is 0. The number of aryl methyl sites for hydroxylation is 1. The zero-order valence-electron chi connectivity index (χ0n) is 10.2. The van der Waals surface area contributed by atoms with Crippen molar-refractivity contribution in [3.05, 3.63) is 57.6 Å². The summed E-state index contributed by atoms with van der Waals surface area (Å²) in [6.07, 6.45) is 0. The smallest absolute Gasteiger partial charge is 0.137 e. The first-order valence-electron chi connectivity index (χ1n) is 5.65. The summed E-state index contributed by atoms with van der Waals surface area (Å²) in [6, 6.07) is 10.3. The molecule has 0 N–H and O–H groups in total. The lowest BCUT2D eigenvalue weighted by Crippen LogP contribution is -2.05. The Bertz CT molecular complexity index is 500. The summed E-state index contributed by atoms with van der Waals surface area (Å²) in [4.78, 5) is 9.08. The van der Waals surface area contributed by atoms with Crippen molar-refractivity contribution in [3.8, 4) is 0 Å². The molecule has 2 nitrogen and oxygen atoms in total. The molecule has 1 aromatic heterocycles. The lowest BCUT2D eigenvalue weighted by atomic mass is 10.0. The SMILES string of the molecule is Cc1nc(C(C)c2ccccc2)nc(Br)c1C. The van der Waals surface area contributed by atoms with Crippen LogP contribution in [0.2, 0.25) is 0 Å². The number of rotatable bonds is 2. The van der Waals surface area contributed by atoms with E-state index in [0.29, 0.717) is 0 Å². The highest BCUT2D eigenvalue weighted by Gasteiger charge is 2.13. The van der Waals surface area contributed by atoms with E-state index in [2.05, 4.69) is 45.0 Å². The Morgan fingerprint density at radius 3 is 2.29 bits per heavy atom. The van der Waals surface area contributed by atoms with Crippen LogP contribution in [0.5, 0.6) is 0 Å². The Morgan fingerprint density at radius 1 is 1.06 bits per heavy atom. The number of hydrogen-bond acceptors (Lipinski definition) is 2. The zero-order chi connectivity index (χ0) is 12.4. The van der Waals surface area contributed by atoms with Gasteiger partial charge in [-0.1, -0.05) is 37.3 Å². The largest absolute Gasteiger partial charge is 0.237 e. The van der Waals surface area contributed by atoms with Crippen molar-refractivity contribution < 1.29 is 0 Å². The zero-order valence-corrected chi connectivity index (χ0v) is 11.8. The summed E-state index contributed by atoms with van der Waals surface area (Å²) in [5.74, 6) is 1.08. The maximum absolute atomic E-state index is 4.57. The van der Waals surface area contributed by atoms with E-state index in [1.165, 1.54) is 5.56 Å². The molecule has 88 valence electrons. The molecule has 0 saturated heterocycles. The third kappa shape index (κ3) is 2.55. The van der Waals surface area contributed by atoms with Gasteiger partial charge in [0.05, 0.1) is 0 Å². The van der Waals surface area contributed by atoms with Gasteiger partial charge in [0, 0.05) is 17.2 Å². The van der Waals surface area contributed by atoms with Crippen LogP contribution in [0.3, 0.4) is 0 Å². The quantitative estimate of drug-likeness (QED) is 0.781. The first-order chi connectivity index (χ1) is 8.09. The van der Waals surface area contributed by atoms with Gasteiger partial charge in [-0.3, -0.25) is 0 Å². The minimum atomic E-state index is 0.215. The lowest BCUT2D eigenvalue weighted by molar-refractivity contribution is 0.793. The molecule has 0 radical (unpaired) electrons. The Balaban J connectivity index is 2.41. The van der Waals surface area contributed by atoms with Gasteiger partial charge in [-0.25, -0.2) is 9.97 Å². The van der Waals surface area contributed by atoms with Crippen LogP contribution in [0.1, 0.15) is 35.5 Å². The molecule has 0 amide bonds. The summed E-state index contributed by atoms with van der Waals surface area (Å²) in [7, 11) is 0. The van der Waals surface area contributed by atoms with Gasteiger partial charge in [-0.15, -0.1) is 0 Å². The van der Waals surface area contributed by atoms with Crippen molar-refractivity contribution in [2.45, 2.75) is 26.7 Å². The normalized spacial score (nSPS) is 12.5. The molecule has 0 saturated carbocycles. The molecule has 0 bridgehead atoms. The number of halogens is 1. The van der Waals surface area contributed by atoms with Crippen LogP contribution in [0.4, 0.5) is 0 Å². The monoisotopic (exact) mass is 290 g/mol. The van der Waals surface area contributed by atoms with E-state index in [9.17, 15) is 0 Å². The fraction of sp³-hybridized carbons (Fsp3) is 0.286. The van der Waals surface area contributed by atoms with Gasteiger partial charge in [-0.05, 0) is 35.3 Å². The van der Waals surface area contributed by atoms with E-state index in [4.69, 9.17) is 0 Å². The topological polar surface area (TPSA) is 25.8 Å². The third-order valence-corrected chi connectivity index (χ3v) is 3.81. The molecule has 1 aromatic carbocycles. The van der Waals surface area contributed by atoms with E-state index >= 15 is 0 Å². The molecule has 0 spiro atoms. The average Bonchev–Trinajstić information content (AvgIpc) is 2.35. The molecule has 3 heteroatoms. The molecule has 0 aliphatic heterocycles. The van der Waals surface area contributed by atoms with Crippen LogP contribution in [-0.2, 0) is 0 Å². The molecule has 0 fully saturated rings. The van der Waals surface area contributed by atoms with Crippen molar-refractivity contribution in [1.82, 2.24) is 9.97 Å². The number of aromatic nitrogens is 2. The van der Waals surface area contributed by atoms with Crippen LogP contribution >= 0.6 is 15.9 Å². The Hall–Kier alpha value is -1.22. The molecule has 2 rings (SSSR count). The van der Waals surface area contributed by atoms with Gasteiger partial charge in [-0.2, -0.15) is 0 Å². The second kappa shape index (κ2) is 4.96. The fourth-order valence-electron chi connectivity index (χ4n) is 1.70. The summed E-state index contributed by atoms with van der Waals surface area (Å²) in [6.45, 7) is 6.17. The summed E-state index contributed by atoms with van der Waals surface area (Å²) in [5.41, 5.74) is 3.38. The predicted octanol–water partition coefficient (Wildman–Crippen LogP) is 4.01. The first kappa shape index (κ1) is 12.2. The Kier molecular flexibility index (Phi) is 3.57. The molecular weight excluding hydrogens is 276 g/mol. The molecule has 1 heterocycles. The van der Waals surface area contributed by atoms with Gasteiger partial charge in [0.25, 0.3) is 0 Å². The summed E-state index contributed by atoms with van der Waals surface area (Å²) < 4.78 is 0.891. The molecule has 0 aliphatic rings. The van der Waals surface area contributed by atoms with Crippen molar-refractivity contribution in [2.75, 3.05) is 0 Å². The van der Waals surface area contributed by atoms with Gasteiger partial charge >= 0.3 is 0 Å². The maximum atomic E-state index is 4.57.